The SMILES string of the molecule is Cc1nc(NCc2ccc(-c3ccccn3)nc2)c2ncn(C(C)C)c2n1. The lowest BCUT2D eigenvalue weighted by Gasteiger charge is -2.10. The monoisotopic (exact) mass is 359 g/mol. The van der Waals surface area contributed by atoms with Gasteiger partial charge in [-0.25, -0.2) is 15.0 Å². The van der Waals surface area contributed by atoms with E-state index in [4.69, 9.17) is 0 Å². The molecule has 7 nitrogen and oxygen atoms in total. The van der Waals surface area contributed by atoms with Crippen LogP contribution in [0.2, 0.25) is 0 Å². The number of pyridine rings is 2. The van der Waals surface area contributed by atoms with Crippen molar-refractivity contribution in [2.75, 3.05) is 5.32 Å². The van der Waals surface area contributed by atoms with E-state index < -0.39 is 0 Å². The third kappa shape index (κ3) is 3.48. The summed E-state index contributed by atoms with van der Waals surface area (Å²) in [6, 6.07) is 10.1. The van der Waals surface area contributed by atoms with Crippen molar-refractivity contribution in [1.29, 1.82) is 0 Å². The van der Waals surface area contributed by atoms with Gasteiger partial charge in [0.15, 0.2) is 11.5 Å². The first-order chi connectivity index (χ1) is 13.1. The number of hydrogen-bond acceptors (Lipinski definition) is 6. The van der Waals surface area contributed by atoms with E-state index in [2.05, 4.69) is 48.7 Å². The molecule has 0 bridgehead atoms. The zero-order valence-electron chi connectivity index (χ0n) is 15.6. The van der Waals surface area contributed by atoms with Crippen LogP contribution in [0.15, 0.2) is 49.1 Å². The van der Waals surface area contributed by atoms with Crippen LogP contribution in [0.4, 0.5) is 5.82 Å². The van der Waals surface area contributed by atoms with Gasteiger partial charge in [0.1, 0.15) is 11.3 Å². The molecule has 1 N–H and O–H groups in total. The summed E-state index contributed by atoms with van der Waals surface area (Å²) >= 11 is 0. The Balaban J connectivity index is 1.55. The Hall–Kier alpha value is -3.35. The van der Waals surface area contributed by atoms with Gasteiger partial charge in [0.05, 0.1) is 17.7 Å². The molecule has 0 fully saturated rings. The standard InChI is InChI=1S/C20H21N7/c1-13(2)27-12-24-18-19(25-14(3)26-20(18)27)23-11-15-7-8-17(22-10-15)16-6-4-5-9-21-16/h4-10,12-13H,11H2,1-3H3,(H,23,25,26). The summed E-state index contributed by atoms with van der Waals surface area (Å²) in [5.74, 6) is 1.46. The first-order valence-electron chi connectivity index (χ1n) is 8.93. The molecule has 0 aliphatic rings. The molecule has 0 radical (unpaired) electrons. The lowest BCUT2D eigenvalue weighted by molar-refractivity contribution is 0.612. The van der Waals surface area contributed by atoms with Gasteiger partial charge in [-0.15, -0.1) is 0 Å². The molecule has 0 aliphatic heterocycles. The Bertz CT molecular complexity index is 1050. The van der Waals surface area contributed by atoms with Crippen LogP contribution in [-0.2, 0) is 6.54 Å². The average Bonchev–Trinajstić information content (AvgIpc) is 3.11. The zero-order chi connectivity index (χ0) is 18.8. The van der Waals surface area contributed by atoms with Crippen LogP contribution in [0.3, 0.4) is 0 Å². The minimum atomic E-state index is 0.292. The van der Waals surface area contributed by atoms with Crippen LogP contribution in [0.5, 0.6) is 0 Å². The molecule has 4 rings (SSSR count). The quantitative estimate of drug-likeness (QED) is 0.584. The topological polar surface area (TPSA) is 81.4 Å². The summed E-state index contributed by atoms with van der Waals surface area (Å²) in [6.07, 6.45) is 5.44. The third-order valence-corrected chi connectivity index (χ3v) is 4.30. The van der Waals surface area contributed by atoms with Crippen LogP contribution < -0.4 is 5.32 Å². The highest BCUT2D eigenvalue weighted by Crippen LogP contribution is 2.22. The number of aryl methyl sites for hydroxylation is 1. The van der Waals surface area contributed by atoms with Gasteiger partial charge < -0.3 is 9.88 Å². The largest absolute Gasteiger partial charge is 0.364 e. The normalized spacial score (nSPS) is 11.3. The van der Waals surface area contributed by atoms with E-state index in [0.29, 0.717) is 12.6 Å². The van der Waals surface area contributed by atoms with Gasteiger partial charge >= 0.3 is 0 Å². The molecule has 0 saturated carbocycles. The minimum Gasteiger partial charge on any atom is -0.364 e. The maximum atomic E-state index is 4.55. The van der Waals surface area contributed by atoms with E-state index in [1.54, 1.807) is 6.20 Å². The van der Waals surface area contributed by atoms with E-state index in [1.165, 1.54) is 0 Å². The zero-order valence-corrected chi connectivity index (χ0v) is 15.6. The van der Waals surface area contributed by atoms with E-state index in [9.17, 15) is 0 Å². The van der Waals surface area contributed by atoms with E-state index in [0.717, 1.165) is 39.8 Å². The number of hydrogen-bond donors (Lipinski definition) is 1. The fourth-order valence-electron chi connectivity index (χ4n) is 2.91. The second kappa shape index (κ2) is 7.11. The Labute approximate surface area is 157 Å². The summed E-state index contributed by atoms with van der Waals surface area (Å²) < 4.78 is 2.05. The van der Waals surface area contributed by atoms with Crippen LogP contribution in [-0.4, -0.2) is 29.5 Å². The van der Waals surface area contributed by atoms with Gasteiger partial charge in [0, 0.05) is 25.0 Å². The highest BCUT2D eigenvalue weighted by Gasteiger charge is 2.13. The van der Waals surface area contributed by atoms with Crippen molar-refractivity contribution < 1.29 is 0 Å². The third-order valence-electron chi connectivity index (χ3n) is 4.30. The molecule has 0 saturated heterocycles. The second-order valence-electron chi connectivity index (χ2n) is 6.66. The molecule has 0 aromatic carbocycles. The molecule has 27 heavy (non-hydrogen) atoms. The van der Waals surface area contributed by atoms with Gasteiger partial charge in [0.2, 0.25) is 0 Å². The molecule has 0 atom stereocenters. The van der Waals surface area contributed by atoms with Crippen molar-refractivity contribution in [2.24, 2.45) is 0 Å². The van der Waals surface area contributed by atoms with Gasteiger partial charge in [-0.2, -0.15) is 0 Å². The van der Waals surface area contributed by atoms with E-state index >= 15 is 0 Å². The van der Waals surface area contributed by atoms with Crippen LogP contribution in [0, 0.1) is 6.92 Å². The molecular formula is C20H21N7. The molecule has 7 heteroatoms. The van der Waals surface area contributed by atoms with Crippen LogP contribution in [0.1, 0.15) is 31.3 Å². The smallest absolute Gasteiger partial charge is 0.165 e. The summed E-state index contributed by atoms with van der Waals surface area (Å²) in [6.45, 7) is 6.72. The maximum absolute atomic E-state index is 4.55. The van der Waals surface area contributed by atoms with Crippen LogP contribution >= 0.6 is 0 Å². The van der Waals surface area contributed by atoms with Gasteiger partial charge in [-0.3, -0.25) is 9.97 Å². The number of anilines is 1. The summed E-state index contributed by atoms with van der Waals surface area (Å²) in [4.78, 5) is 22.4. The number of nitrogens with zero attached hydrogens (tertiary/aromatic N) is 6. The first-order valence-corrected chi connectivity index (χ1v) is 8.93. The molecular weight excluding hydrogens is 338 g/mol. The molecule has 4 aromatic heterocycles. The Morgan fingerprint density at radius 3 is 2.56 bits per heavy atom. The maximum Gasteiger partial charge on any atom is 0.165 e. The molecule has 0 spiro atoms. The molecule has 0 aliphatic carbocycles. The number of fused-ring (bicyclic) bond motifs is 1. The highest BCUT2D eigenvalue weighted by atomic mass is 15.2. The second-order valence-corrected chi connectivity index (χ2v) is 6.66. The van der Waals surface area contributed by atoms with E-state index in [1.807, 2.05) is 49.8 Å². The van der Waals surface area contributed by atoms with Crippen molar-refractivity contribution in [1.82, 2.24) is 29.5 Å². The van der Waals surface area contributed by atoms with Crippen molar-refractivity contribution in [3.63, 3.8) is 0 Å². The minimum absolute atomic E-state index is 0.292. The number of rotatable bonds is 5. The molecule has 0 unspecified atom stereocenters. The number of aromatic nitrogens is 6. The predicted molar refractivity (Wildman–Crippen MR) is 105 cm³/mol. The Morgan fingerprint density at radius 1 is 1.00 bits per heavy atom. The molecule has 4 aromatic rings. The molecule has 136 valence electrons. The fraction of sp³-hybridized carbons (Fsp3) is 0.250. The van der Waals surface area contributed by atoms with Crippen molar-refractivity contribution in [2.45, 2.75) is 33.4 Å². The van der Waals surface area contributed by atoms with Crippen molar-refractivity contribution in [3.8, 4) is 11.4 Å². The lowest BCUT2D eigenvalue weighted by atomic mass is 10.2. The first kappa shape index (κ1) is 17.1. The van der Waals surface area contributed by atoms with Gasteiger partial charge in [-0.05, 0) is 44.5 Å². The summed E-state index contributed by atoms with van der Waals surface area (Å²) in [7, 11) is 0. The van der Waals surface area contributed by atoms with Crippen molar-refractivity contribution >= 4 is 17.0 Å². The molecule has 4 heterocycles. The van der Waals surface area contributed by atoms with Crippen LogP contribution in [0.25, 0.3) is 22.6 Å². The fourth-order valence-corrected chi connectivity index (χ4v) is 2.91. The molecule has 0 amide bonds. The van der Waals surface area contributed by atoms with E-state index in [-0.39, 0.29) is 0 Å². The lowest BCUT2D eigenvalue weighted by Crippen LogP contribution is -2.06. The highest BCUT2D eigenvalue weighted by molar-refractivity contribution is 5.83. The summed E-state index contributed by atoms with van der Waals surface area (Å²) in [5.41, 5.74) is 4.41. The van der Waals surface area contributed by atoms with Gasteiger partial charge in [0.25, 0.3) is 0 Å². The number of imidazole rings is 1. The number of nitrogens with one attached hydrogen (secondary N) is 1. The predicted octanol–water partition coefficient (Wildman–Crippen LogP) is 3.78. The Kier molecular flexibility index (Phi) is 4.50. The van der Waals surface area contributed by atoms with Crippen molar-refractivity contribution in [3.05, 3.63) is 60.4 Å². The summed E-state index contributed by atoms with van der Waals surface area (Å²) in [5, 5.41) is 3.37. The Morgan fingerprint density at radius 2 is 1.85 bits per heavy atom. The van der Waals surface area contributed by atoms with Gasteiger partial charge in [-0.1, -0.05) is 12.1 Å². The average molecular weight is 359 g/mol.